The highest BCUT2D eigenvalue weighted by Gasteiger charge is 2.04. The zero-order valence-electron chi connectivity index (χ0n) is 11.8. The van der Waals surface area contributed by atoms with E-state index in [-0.39, 0.29) is 0 Å². The van der Waals surface area contributed by atoms with E-state index >= 15 is 0 Å². The average molecular weight is 271 g/mol. The molecule has 0 aliphatic carbocycles. The van der Waals surface area contributed by atoms with Gasteiger partial charge in [-0.15, -0.1) is 0 Å². The third-order valence-electron chi connectivity index (χ3n) is 2.92. The van der Waals surface area contributed by atoms with Crippen molar-refractivity contribution in [3.8, 4) is 5.75 Å². The second-order valence-corrected chi connectivity index (χ2v) is 4.58. The number of aromatic nitrogens is 1. The highest BCUT2D eigenvalue weighted by molar-refractivity contribution is 5.49. The number of nitrogens with zero attached hydrogens (tertiary/aromatic N) is 1. The summed E-state index contributed by atoms with van der Waals surface area (Å²) in [6, 6.07) is 12.0. The van der Waals surface area contributed by atoms with E-state index in [4.69, 9.17) is 10.5 Å². The number of hydrogen-bond donors (Lipinski definition) is 2. The topological polar surface area (TPSA) is 60.2 Å². The van der Waals surface area contributed by atoms with Crippen LogP contribution in [0.3, 0.4) is 0 Å². The molecule has 0 atom stereocenters. The minimum atomic E-state index is 0.558. The Morgan fingerprint density at radius 2 is 2.05 bits per heavy atom. The third-order valence-corrected chi connectivity index (χ3v) is 2.92. The Morgan fingerprint density at radius 1 is 1.20 bits per heavy atom. The quantitative estimate of drug-likeness (QED) is 0.813. The summed E-state index contributed by atoms with van der Waals surface area (Å²) in [7, 11) is 0. The normalized spacial score (nSPS) is 10.3. The van der Waals surface area contributed by atoms with E-state index in [0.717, 1.165) is 23.6 Å². The first kappa shape index (κ1) is 14.3. The van der Waals surface area contributed by atoms with Crippen molar-refractivity contribution < 1.29 is 4.74 Å². The summed E-state index contributed by atoms with van der Waals surface area (Å²) in [5, 5.41) is 3.31. The average Bonchev–Trinajstić information content (AvgIpc) is 2.52. The van der Waals surface area contributed by atoms with Gasteiger partial charge in [-0.1, -0.05) is 31.2 Å². The van der Waals surface area contributed by atoms with Gasteiger partial charge in [0.2, 0.25) is 0 Å². The molecule has 0 bridgehead atoms. The van der Waals surface area contributed by atoms with Crippen LogP contribution in [0.5, 0.6) is 5.75 Å². The van der Waals surface area contributed by atoms with Gasteiger partial charge in [-0.25, -0.2) is 4.98 Å². The number of rotatable bonds is 7. The standard InChI is InChI=1S/C16H21N3O/c1-2-9-20-15-7-4-8-18-16(15)19-12-14-6-3-5-13(10-14)11-17/h3-8,10H,2,9,11-12,17H2,1H3,(H,18,19). The fourth-order valence-corrected chi connectivity index (χ4v) is 1.90. The number of ether oxygens (including phenoxy) is 1. The molecule has 0 saturated heterocycles. The fourth-order valence-electron chi connectivity index (χ4n) is 1.90. The molecule has 0 saturated carbocycles. The molecule has 0 radical (unpaired) electrons. The van der Waals surface area contributed by atoms with Gasteiger partial charge < -0.3 is 15.8 Å². The maximum absolute atomic E-state index is 5.67. The summed E-state index contributed by atoms with van der Waals surface area (Å²) in [6.45, 7) is 4.04. The lowest BCUT2D eigenvalue weighted by atomic mass is 10.1. The van der Waals surface area contributed by atoms with Gasteiger partial charge in [0.05, 0.1) is 6.61 Å². The van der Waals surface area contributed by atoms with Crippen molar-refractivity contribution in [3.63, 3.8) is 0 Å². The summed E-state index contributed by atoms with van der Waals surface area (Å²) in [4.78, 5) is 4.33. The predicted octanol–water partition coefficient (Wildman–Crippen LogP) is 2.94. The van der Waals surface area contributed by atoms with Crippen LogP contribution in [0.2, 0.25) is 0 Å². The first-order valence-electron chi connectivity index (χ1n) is 6.93. The molecule has 0 fully saturated rings. The summed E-state index contributed by atoms with van der Waals surface area (Å²) in [6.07, 6.45) is 2.74. The summed E-state index contributed by atoms with van der Waals surface area (Å²) in [5.41, 5.74) is 7.96. The lowest BCUT2D eigenvalue weighted by Gasteiger charge is -2.12. The van der Waals surface area contributed by atoms with Gasteiger partial charge in [-0.05, 0) is 29.7 Å². The molecule has 0 aliphatic heterocycles. The zero-order chi connectivity index (χ0) is 14.2. The van der Waals surface area contributed by atoms with Crippen LogP contribution < -0.4 is 15.8 Å². The van der Waals surface area contributed by atoms with Gasteiger partial charge in [0, 0.05) is 19.3 Å². The first-order chi connectivity index (χ1) is 9.83. The number of nitrogens with one attached hydrogen (secondary N) is 1. The largest absolute Gasteiger partial charge is 0.490 e. The van der Waals surface area contributed by atoms with Crippen LogP contribution in [0.15, 0.2) is 42.6 Å². The SMILES string of the molecule is CCCOc1cccnc1NCc1cccc(CN)c1. The second kappa shape index (κ2) is 7.50. The molecular weight excluding hydrogens is 250 g/mol. The molecule has 2 aromatic rings. The Kier molecular flexibility index (Phi) is 5.38. The van der Waals surface area contributed by atoms with Crippen LogP contribution in [0.25, 0.3) is 0 Å². The number of nitrogens with two attached hydrogens (primary N) is 1. The zero-order valence-corrected chi connectivity index (χ0v) is 11.8. The van der Waals surface area contributed by atoms with Gasteiger partial charge in [0.1, 0.15) is 0 Å². The van der Waals surface area contributed by atoms with E-state index in [1.54, 1.807) is 6.20 Å². The summed E-state index contributed by atoms with van der Waals surface area (Å²) >= 11 is 0. The maximum atomic E-state index is 5.67. The lowest BCUT2D eigenvalue weighted by molar-refractivity contribution is 0.318. The van der Waals surface area contributed by atoms with Crippen LogP contribution in [-0.4, -0.2) is 11.6 Å². The third kappa shape index (κ3) is 3.96. The molecular formula is C16H21N3O. The Labute approximate surface area is 120 Å². The van der Waals surface area contributed by atoms with E-state index in [9.17, 15) is 0 Å². The van der Waals surface area contributed by atoms with Crippen LogP contribution in [-0.2, 0) is 13.1 Å². The molecule has 1 aromatic heterocycles. The van der Waals surface area contributed by atoms with Gasteiger partial charge in [-0.3, -0.25) is 0 Å². The van der Waals surface area contributed by atoms with Crippen LogP contribution >= 0.6 is 0 Å². The maximum Gasteiger partial charge on any atom is 0.169 e. The van der Waals surface area contributed by atoms with E-state index in [1.165, 1.54) is 5.56 Å². The molecule has 2 rings (SSSR count). The Bertz CT molecular complexity index is 543. The summed E-state index contributed by atoms with van der Waals surface area (Å²) < 4.78 is 5.67. The van der Waals surface area contributed by atoms with E-state index in [0.29, 0.717) is 19.7 Å². The second-order valence-electron chi connectivity index (χ2n) is 4.58. The fraction of sp³-hybridized carbons (Fsp3) is 0.312. The molecule has 1 aromatic carbocycles. The van der Waals surface area contributed by atoms with Gasteiger partial charge in [0.15, 0.2) is 11.6 Å². The molecule has 106 valence electrons. The van der Waals surface area contributed by atoms with Crippen molar-refractivity contribution in [2.75, 3.05) is 11.9 Å². The number of pyridine rings is 1. The summed E-state index contributed by atoms with van der Waals surface area (Å²) in [5.74, 6) is 1.57. The molecule has 1 heterocycles. The molecule has 0 spiro atoms. The molecule has 0 unspecified atom stereocenters. The van der Waals surface area contributed by atoms with Gasteiger partial charge >= 0.3 is 0 Å². The van der Waals surface area contributed by atoms with E-state index in [2.05, 4.69) is 29.4 Å². The molecule has 4 heteroatoms. The molecule has 0 amide bonds. The van der Waals surface area contributed by atoms with Crippen molar-refractivity contribution in [3.05, 3.63) is 53.7 Å². The van der Waals surface area contributed by atoms with E-state index in [1.807, 2.05) is 24.3 Å². The number of hydrogen-bond acceptors (Lipinski definition) is 4. The minimum Gasteiger partial charge on any atom is -0.490 e. The predicted molar refractivity (Wildman–Crippen MR) is 81.7 cm³/mol. The molecule has 20 heavy (non-hydrogen) atoms. The van der Waals surface area contributed by atoms with Crippen molar-refractivity contribution in [1.82, 2.24) is 4.98 Å². The lowest BCUT2D eigenvalue weighted by Crippen LogP contribution is -2.06. The van der Waals surface area contributed by atoms with Crippen LogP contribution in [0, 0.1) is 0 Å². The van der Waals surface area contributed by atoms with E-state index < -0.39 is 0 Å². The van der Waals surface area contributed by atoms with Crippen molar-refractivity contribution in [2.24, 2.45) is 5.73 Å². The monoisotopic (exact) mass is 271 g/mol. The Balaban J connectivity index is 2.02. The molecule has 3 N–H and O–H groups in total. The van der Waals surface area contributed by atoms with Crippen molar-refractivity contribution >= 4 is 5.82 Å². The van der Waals surface area contributed by atoms with Crippen molar-refractivity contribution in [1.29, 1.82) is 0 Å². The highest BCUT2D eigenvalue weighted by atomic mass is 16.5. The number of anilines is 1. The minimum absolute atomic E-state index is 0.558. The van der Waals surface area contributed by atoms with Crippen LogP contribution in [0.1, 0.15) is 24.5 Å². The van der Waals surface area contributed by atoms with Gasteiger partial charge in [-0.2, -0.15) is 0 Å². The molecule has 0 aliphatic rings. The Morgan fingerprint density at radius 3 is 2.85 bits per heavy atom. The smallest absolute Gasteiger partial charge is 0.169 e. The van der Waals surface area contributed by atoms with Crippen molar-refractivity contribution in [2.45, 2.75) is 26.4 Å². The number of benzene rings is 1. The van der Waals surface area contributed by atoms with Gasteiger partial charge in [0.25, 0.3) is 0 Å². The Hall–Kier alpha value is -2.07. The van der Waals surface area contributed by atoms with Crippen LogP contribution in [0.4, 0.5) is 5.82 Å². The highest BCUT2D eigenvalue weighted by Crippen LogP contribution is 2.21. The first-order valence-corrected chi connectivity index (χ1v) is 6.93. The molecule has 4 nitrogen and oxygen atoms in total.